The largest absolute Gasteiger partial charge is 0.330 e. The first-order valence-electron chi connectivity index (χ1n) is 6.64. The third kappa shape index (κ3) is 2.82. The highest BCUT2D eigenvalue weighted by molar-refractivity contribution is 7.89. The predicted molar refractivity (Wildman–Crippen MR) is 79.8 cm³/mol. The van der Waals surface area contributed by atoms with Crippen LogP contribution in [0.1, 0.15) is 13.3 Å². The number of hydrogen-bond acceptors (Lipinski definition) is 4. The number of sulfonamides is 1. The second kappa shape index (κ2) is 6.30. The summed E-state index contributed by atoms with van der Waals surface area (Å²) in [5.74, 6) is 0. The Kier molecular flexibility index (Phi) is 4.69. The molecule has 2 aromatic rings. The van der Waals surface area contributed by atoms with Crippen LogP contribution in [0.5, 0.6) is 0 Å². The zero-order chi connectivity index (χ0) is 14.6. The van der Waals surface area contributed by atoms with E-state index in [0.29, 0.717) is 36.3 Å². The van der Waals surface area contributed by atoms with Gasteiger partial charge in [-0.15, -0.1) is 0 Å². The van der Waals surface area contributed by atoms with Gasteiger partial charge in [0.1, 0.15) is 0 Å². The van der Waals surface area contributed by atoms with Crippen molar-refractivity contribution < 1.29 is 8.42 Å². The SMILES string of the molecule is CCN(CCCN)S(=O)(=O)c1cccc2cnccc12. The number of nitrogens with zero attached hydrogens (tertiary/aromatic N) is 2. The highest BCUT2D eigenvalue weighted by atomic mass is 32.2. The maximum atomic E-state index is 12.7. The molecule has 0 saturated carbocycles. The molecule has 5 nitrogen and oxygen atoms in total. The first-order valence-corrected chi connectivity index (χ1v) is 8.08. The maximum absolute atomic E-state index is 12.7. The Labute approximate surface area is 119 Å². The molecule has 0 aliphatic carbocycles. The molecule has 2 rings (SSSR count). The van der Waals surface area contributed by atoms with Crippen molar-refractivity contribution in [3.05, 3.63) is 36.7 Å². The third-order valence-corrected chi connectivity index (χ3v) is 5.26. The van der Waals surface area contributed by atoms with Gasteiger partial charge in [0, 0.05) is 36.3 Å². The molecule has 0 spiro atoms. The molecule has 1 aromatic carbocycles. The summed E-state index contributed by atoms with van der Waals surface area (Å²) in [6, 6.07) is 6.98. The summed E-state index contributed by atoms with van der Waals surface area (Å²) in [6.07, 6.45) is 3.93. The summed E-state index contributed by atoms with van der Waals surface area (Å²) < 4.78 is 27.0. The van der Waals surface area contributed by atoms with E-state index in [-0.39, 0.29) is 0 Å². The molecular formula is C14H19N3O2S. The average Bonchev–Trinajstić information content (AvgIpc) is 2.47. The molecule has 108 valence electrons. The molecule has 0 bridgehead atoms. The van der Waals surface area contributed by atoms with Crippen molar-refractivity contribution in [2.75, 3.05) is 19.6 Å². The molecule has 0 aliphatic rings. The first kappa shape index (κ1) is 14.9. The minimum atomic E-state index is -3.50. The number of aromatic nitrogens is 1. The summed E-state index contributed by atoms with van der Waals surface area (Å²) >= 11 is 0. The summed E-state index contributed by atoms with van der Waals surface area (Å²) in [5.41, 5.74) is 5.47. The van der Waals surface area contributed by atoms with Gasteiger partial charge in [0.2, 0.25) is 10.0 Å². The molecule has 0 fully saturated rings. The highest BCUT2D eigenvalue weighted by Gasteiger charge is 2.24. The summed E-state index contributed by atoms with van der Waals surface area (Å²) in [6.45, 7) is 3.19. The second-order valence-electron chi connectivity index (χ2n) is 4.49. The number of fused-ring (bicyclic) bond motifs is 1. The zero-order valence-electron chi connectivity index (χ0n) is 11.5. The molecule has 0 unspecified atom stereocenters. The third-order valence-electron chi connectivity index (χ3n) is 3.22. The Morgan fingerprint density at radius 1 is 1.30 bits per heavy atom. The van der Waals surface area contributed by atoms with Crippen LogP contribution in [-0.2, 0) is 10.0 Å². The van der Waals surface area contributed by atoms with E-state index in [1.807, 2.05) is 13.0 Å². The van der Waals surface area contributed by atoms with Crippen molar-refractivity contribution in [1.82, 2.24) is 9.29 Å². The van der Waals surface area contributed by atoms with Crippen molar-refractivity contribution in [1.29, 1.82) is 0 Å². The molecule has 0 aliphatic heterocycles. The average molecular weight is 293 g/mol. The van der Waals surface area contributed by atoms with Gasteiger partial charge in [-0.3, -0.25) is 4.98 Å². The monoisotopic (exact) mass is 293 g/mol. The van der Waals surface area contributed by atoms with Crippen LogP contribution in [0, 0.1) is 0 Å². The van der Waals surface area contributed by atoms with Crippen molar-refractivity contribution >= 4 is 20.8 Å². The smallest absolute Gasteiger partial charge is 0.243 e. The van der Waals surface area contributed by atoms with Gasteiger partial charge in [-0.1, -0.05) is 19.1 Å². The number of nitrogens with two attached hydrogens (primary N) is 1. The topological polar surface area (TPSA) is 76.3 Å². The molecule has 6 heteroatoms. The lowest BCUT2D eigenvalue weighted by Gasteiger charge is -2.21. The van der Waals surface area contributed by atoms with Crippen molar-refractivity contribution in [3.63, 3.8) is 0 Å². The molecule has 1 aromatic heterocycles. The summed E-state index contributed by atoms with van der Waals surface area (Å²) in [5, 5.41) is 1.53. The van der Waals surface area contributed by atoms with Gasteiger partial charge < -0.3 is 5.73 Å². The van der Waals surface area contributed by atoms with Crippen LogP contribution in [0.25, 0.3) is 10.8 Å². The van der Waals surface area contributed by atoms with E-state index < -0.39 is 10.0 Å². The maximum Gasteiger partial charge on any atom is 0.243 e. The van der Waals surface area contributed by atoms with Crippen molar-refractivity contribution in [2.45, 2.75) is 18.2 Å². The van der Waals surface area contributed by atoms with E-state index in [2.05, 4.69) is 4.98 Å². The first-order chi connectivity index (χ1) is 9.61. The van der Waals surface area contributed by atoms with Gasteiger partial charge in [0.15, 0.2) is 0 Å². The number of rotatable bonds is 6. The van der Waals surface area contributed by atoms with Crippen LogP contribution in [0.15, 0.2) is 41.6 Å². The Hall–Kier alpha value is -1.50. The summed E-state index contributed by atoms with van der Waals surface area (Å²) in [7, 11) is -3.50. The normalized spacial score (nSPS) is 12.2. The fourth-order valence-corrected chi connectivity index (χ4v) is 3.87. The van der Waals surface area contributed by atoms with Crippen LogP contribution in [0.2, 0.25) is 0 Å². The molecule has 1 heterocycles. The van der Waals surface area contributed by atoms with Crippen molar-refractivity contribution in [3.8, 4) is 0 Å². The van der Waals surface area contributed by atoms with Crippen LogP contribution >= 0.6 is 0 Å². The lowest BCUT2D eigenvalue weighted by molar-refractivity contribution is 0.423. The van der Waals surface area contributed by atoms with Crippen molar-refractivity contribution in [2.24, 2.45) is 5.73 Å². The number of benzene rings is 1. The van der Waals surface area contributed by atoms with Crippen LogP contribution in [-0.4, -0.2) is 37.3 Å². The van der Waals surface area contributed by atoms with E-state index >= 15 is 0 Å². The minimum absolute atomic E-state index is 0.330. The van der Waals surface area contributed by atoms with Crippen LogP contribution in [0.4, 0.5) is 0 Å². The zero-order valence-corrected chi connectivity index (χ0v) is 12.3. The molecule has 0 atom stereocenters. The lowest BCUT2D eigenvalue weighted by Crippen LogP contribution is -2.33. The van der Waals surface area contributed by atoms with Gasteiger partial charge in [-0.05, 0) is 25.1 Å². The fourth-order valence-electron chi connectivity index (χ4n) is 2.17. The standard InChI is InChI=1S/C14H19N3O2S/c1-2-17(10-4-8-15)20(18,19)14-6-3-5-12-11-16-9-7-13(12)14/h3,5-7,9,11H,2,4,8,10,15H2,1H3. The van der Waals surface area contributed by atoms with Gasteiger partial charge in [-0.25, -0.2) is 8.42 Å². The predicted octanol–water partition coefficient (Wildman–Crippen LogP) is 1.59. The molecule has 20 heavy (non-hydrogen) atoms. The summed E-state index contributed by atoms with van der Waals surface area (Å²) in [4.78, 5) is 4.36. The lowest BCUT2D eigenvalue weighted by atomic mass is 10.2. The molecule has 0 amide bonds. The molecule has 0 saturated heterocycles. The van der Waals surface area contributed by atoms with Crippen LogP contribution < -0.4 is 5.73 Å². The van der Waals surface area contributed by atoms with E-state index in [1.54, 1.807) is 30.6 Å². The Balaban J connectivity index is 2.51. The minimum Gasteiger partial charge on any atom is -0.330 e. The quantitative estimate of drug-likeness (QED) is 0.877. The van der Waals surface area contributed by atoms with Gasteiger partial charge in [-0.2, -0.15) is 4.31 Å². The molecular weight excluding hydrogens is 274 g/mol. The van der Waals surface area contributed by atoms with Gasteiger partial charge >= 0.3 is 0 Å². The molecule has 0 radical (unpaired) electrons. The van der Waals surface area contributed by atoms with Gasteiger partial charge in [0.25, 0.3) is 0 Å². The number of pyridine rings is 1. The van der Waals surface area contributed by atoms with E-state index in [9.17, 15) is 8.42 Å². The second-order valence-corrected chi connectivity index (χ2v) is 6.40. The van der Waals surface area contributed by atoms with E-state index in [0.717, 1.165) is 5.39 Å². The van der Waals surface area contributed by atoms with Gasteiger partial charge in [0.05, 0.1) is 4.90 Å². The van der Waals surface area contributed by atoms with E-state index in [4.69, 9.17) is 5.73 Å². The Morgan fingerprint density at radius 2 is 2.10 bits per heavy atom. The fraction of sp³-hybridized carbons (Fsp3) is 0.357. The van der Waals surface area contributed by atoms with Crippen LogP contribution in [0.3, 0.4) is 0 Å². The number of hydrogen-bond donors (Lipinski definition) is 1. The molecule has 2 N–H and O–H groups in total. The van der Waals surface area contributed by atoms with E-state index in [1.165, 1.54) is 4.31 Å². The highest BCUT2D eigenvalue weighted by Crippen LogP contribution is 2.25. The Morgan fingerprint density at radius 3 is 2.80 bits per heavy atom. The Bertz CT molecular complexity index is 680.